The Balaban J connectivity index is 1.99. The SMILES string of the molecule is O=[P+](O)CC[Si]12OCCN(CCO1)CCO2. The van der Waals surface area contributed by atoms with Crippen LogP contribution in [0.25, 0.3) is 0 Å². The second-order valence-corrected chi connectivity index (χ2v) is 7.78. The van der Waals surface area contributed by atoms with Crippen molar-refractivity contribution in [3.63, 3.8) is 0 Å². The van der Waals surface area contributed by atoms with Crippen molar-refractivity contribution in [2.45, 2.75) is 6.04 Å². The number of nitrogens with zero attached hydrogens (tertiary/aromatic N) is 1. The Hall–Kier alpha value is 0.117. The van der Waals surface area contributed by atoms with Gasteiger partial charge in [-0.2, -0.15) is 4.89 Å². The lowest BCUT2D eigenvalue weighted by Gasteiger charge is -2.37. The number of rotatable bonds is 3. The highest BCUT2D eigenvalue weighted by Crippen LogP contribution is 2.25. The molecule has 92 valence electrons. The van der Waals surface area contributed by atoms with Crippen LogP contribution in [0.1, 0.15) is 0 Å². The summed E-state index contributed by atoms with van der Waals surface area (Å²) in [7, 11) is -4.80. The lowest BCUT2D eigenvalue weighted by Crippen LogP contribution is -2.55. The minimum Gasteiger partial charge on any atom is -0.372 e. The lowest BCUT2D eigenvalue weighted by atomic mass is 10.4. The van der Waals surface area contributed by atoms with Crippen LogP contribution in [0, 0.1) is 0 Å². The van der Waals surface area contributed by atoms with E-state index in [0.29, 0.717) is 25.9 Å². The van der Waals surface area contributed by atoms with E-state index in [-0.39, 0.29) is 6.16 Å². The summed E-state index contributed by atoms with van der Waals surface area (Å²) in [6, 6.07) is 0.443. The normalized spacial score (nSPS) is 36.3. The van der Waals surface area contributed by atoms with Crippen molar-refractivity contribution in [1.29, 1.82) is 0 Å². The van der Waals surface area contributed by atoms with Gasteiger partial charge in [-0.05, 0) is 4.57 Å². The molecule has 8 heteroatoms. The van der Waals surface area contributed by atoms with Crippen molar-refractivity contribution < 1.29 is 22.7 Å². The van der Waals surface area contributed by atoms with Gasteiger partial charge in [0.25, 0.3) is 0 Å². The molecular weight excluding hydrogens is 249 g/mol. The maximum Gasteiger partial charge on any atom is 0.505 e. The molecule has 3 heterocycles. The summed E-state index contributed by atoms with van der Waals surface area (Å²) < 4.78 is 27.9. The largest absolute Gasteiger partial charge is 0.505 e. The molecule has 3 saturated heterocycles. The third-order valence-electron chi connectivity index (χ3n) is 2.80. The van der Waals surface area contributed by atoms with Gasteiger partial charge in [-0.3, -0.25) is 4.90 Å². The van der Waals surface area contributed by atoms with Crippen LogP contribution in [0.2, 0.25) is 6.04 Å². The van der Waals surface area contributed by atoms with E-state index in [0.717, 1.165) is 19.6 Å². The first-order chi connectivity index (χ1) is 7.70. The Kier molecular flexibility index (Phi) is 4.43. The second-order valence-electron chi connectivity index (χ2n) is 3.90. The molecule has 3 aliphatic rings. The van der Waals surface area contributed by atoms with Gasteiger partial charge < -0.3 is 13.3 Å². The molecule has 0 aromatic rings. The quantitative estimate of drug-likeness (QED) is 0.574. The zero-order valence-corrected chi connectivity index (χ0v) is 11.0. The van der Waals surface area contributed by atoms with Crippen LogP contribution < -0.4 is 0 Å². The van der Waals surface area contributed by atoms with E-state index in [9.17, 15) is 4.57 Å². The number of hydrogen-bond acceptors (Lipinski definition) is 5. The Bertz CT molecular complexity index is 240. The third-order valence-corrected chi connectivity index (χ3v) is 6.62. The van der Waals surface area contributed by atoms with Crippen molar-refractivity contribution >= 4 is 16.8 Å². The van der Waals surface area contributed by atoms with E-state index in [2.05, 4.69) is 4.90 Å². The Morgan fingerprint density at radius 2 is 1.62 bits per heavy atom. The predicted molar refractivity (Wildman–Crippen MR) is 59.5 cm³/mol. The van der Waals surface area contributed by atoms with E-state index < -0.39 is 16.8 Å². The topological polar surface area (TPSA) is 68.2 Å². The summed E-state index contributed by atoms with van der Waals surface area (Å²) >= 11 is 0. The van der Waals surface area contributed by atoms with Gasteiger partial charge in [0, 0.05) is 19.6 Å². The molecule has 1 unspecified atom stereocenters. The third kappa shape index (κ3) is 3.30. The van der Waals surface area contributed by atoms with Gasteiger partial charge in [-0.25, -0.2) is 0 Å². The van der Waals surface area contributed by atoms with E-state index in [1.54, 1.807) is 0 Å². The van der Waals surface area contributed by atoms with Gasteiger partial charge in [0.1, 0.15) is 0 Å². The van der Waals surface area contributed by atoms with Crippen molar-refractivity contribution in [3.8, 4) is 0 Å². The Labute approximate surface area is 96.7 Å². The Morgan fingerprint density at radius 1 is 1.12 bits per heavy atom. The average Bonchev–Trinajstić information content (AvgIpc) is 2.13. The van der Waals surface area contributed by atoms with Gasteiger partial charge in [-0.15, -0.1) is 0 Å². The average molecular weight is 266 g/mol. The van der Waals surface area contributed by atoms with Crippen LogP contribution in [0.3, 0.4) is 0 Å². The maximum absolute atomic E-state index is 10.7. The lowest BCUT2D eigenvalue weighted by molar-refractivity contribution is -0.00742. The highest BCUT2D eigenvalue weighted by atomic mass is 31.1. The first kappa shape index (κ1) is 12.6. The zero-order chi connectivity index (χ0) is 11.4. The van der Waals surface area contributed by atoms with Crippen molar-refractivity contribution in [3.05, 3.63) is 0 Å². The fourth-order valence-corrected chi connectivity index (χ4v) is 5.65. The zero-order valence-electron chi connectivity index (χ0n) is 9.13. The van der Waals surface area contributed by atoms with Crippen LogP contribution in [0.15, 0.2) is 0 Å². The van der Waals surface area contributed by atoms with Crippen LogP contribution >= 0.6 is 8.03 Å². The smallest absolute Gasteiger partial charge is 0.372 e. The van der Waals surface area contributed by atoms with Gasteiger partial charge >= 0.3 is 16.8 Å². The molecule has 1 atom stereocenters. The van der Waals surface area contributed by atoms with E-state index in [1.807, 2.05) is 0 Å². The number of fused-ring (bicyclic) bond motifs is 6. The minimum absolute atomic E-state index is 0.200. The first-order valence-electron chi connectivity index (χ1n) is 5.48. The number of hydrogen-bond donors (Lipinski definition) is 1. The van der Waals surface area contributed by atoms with Gasteiger partial charge in [0.15, 0.2) is 6.16 Å². The molecular formula is C8H17NO5PSi+. The maximum atomic E-state index is 10.7. The fraction of sp³-hybridized carbons (Fsp3) is 1.00. The van der Waals surface area contributed by atoms with Crippen LogP contribution in [0.4, 0.5) is 0 Å². The highest BCUT2D eigenvalue weighted by Gasteiger charge is 2.45. The molecule has 0 aliphatic carbocycles. The summed E-state index contributed by atoms with van der Waals surface area (Å²) in [5.74, 6) is 0. The predicted octanol–water partition coefficient (Wildman–Crippen LogP) is 0.0390. The van der Waals surface area contributed by atoms with Gasteiger partial charge in [0.2, 0.25) is 0 Å². The standard InChI is InChI=1S/C8H16NO5PSi/c10-15(11)7-8-16-12-4-1-9(2-5-13-16)3-6-14-16/h1-8H2/p+1. The van der Waals surface area contributed by atoms with Crippen molar-refractivity contribution in [2.24, 2.45) is 0 Å². The molecule has 0 amide bonds. The monoisotopic (exact) mass is 266 g/mol. The van der Waals surface area contributed by atoms with Gasteiger partial charge in [-0.1, -0.05) is 0 Å². The molecule has 3 fully saturated rings. The molecule has 6 nitrogen and oxygen atoms in total. The van der Waals surface area contributed by atoms with Crippen LogP contribution in [0.5, 0.6) is 0 Å². The van der Waals surface area contributed by atoms with E-state index in [1.165, 1.54) is 0 Å². The van der Waals surface area contributed by atoms with E-state index >= 15 is 0 Å². The molecule has 2 bridgehead atoms. The van der Waals surface area contributed by atoms with Crippen LogP contribution in [-0.2, 0) is 17.8 Å². The van der Waals surface area contributed by atoms with Crippen LogP contribution in [-0.4, -0.2) is 64.2 Å². The van der Waals surface area contributed by atoms with E-state index in [4.69, 9.17) is 18.2 Å². The summed E-state index contributed by atoms with van der Waals surface area (Å²) in [6.45, 7) is 4.46. The minimum atomic E-state index is -2.66. The van der Waals surface area contributed by atoms with Crippen molar-refractivity contribution in [2.75, 3.05) is 45.6 Å². The molecule has 0 spiro atoms. The molecule has 3 aliphatic heterocycles. The summed E-state index contributed by atoms with van der Waals surface area (Å²) in [6.07, 6.45) is 0.200. The Morgan fingerprint density at radius 3 is 2.06 bits per heavy atom. The summed E-state index contributed by atoms with van der Waals surface area (Å²) in [5.41, 5.74) is 0. The molecule has 0 aromatic carbocycles. The molecule has 1 N–H and O–H groups in total. The summed E-state index contributed by atoms with van der Waals surface area (Å²) in [4.78, 5) is 11.1. The van der Waals surface area contributed by atoms with Gasteiger partial charge in [0.05, 0.1) is 25.9 Å². The molecule has 0 radical (unpaired) electrons. The summed E-state index contributed by atoms with van der Waals surface area (Å²) in [5, 5.41) is 0. The second kappa shape index (κ2) is 5.64. The molecule has 3 rings (SSSR count). The fourth-order valence-electron chi connectivity index (χ4n) is 1.90. The molecule has 0 saturated carbocycles. The van der Waals surface area contributed by atoms with Crippen molar-refractivity contribution in [1.82, 2.24) is 4.90 Å². The highest BCUT2D eigenvalue weighted by molar-refractivity contribution is 7.38. The first-order valence-corrected chi connectivity index (χ1v) is 8.81. The molecule has 16 heavy (non-hydrogen) atoms. The molecule has 0 aromatic heterocycles.